The van der Waals surface area contributed by atoms with Crippen LogP contribution in [0.3, 0.4) is 0 Å². The summed E-state index contributed by atoms with van der Waals surface area (Å²) in [4.78, 5) is 12.5. The maximum Gasteiger partial charge on any atom is 0.255 e. The average Bonchev–Trinajstić information content (AvgIpc) is 3.14. The lowest BCUT2D eigenvalue weighted by Gasteiger charge is -2.17. The highest BCUT2D eigenvalue weighted by molar-refractivity contribution is 7.90. The molecule has 2 aromatic rings. The summed E-state index contributed by atoms with van der Waals surface area (Å²) in [6, 6.07) is 9.28. The molecule has 0 saturated heterocycles. The standard InChI is InChI=1S/C20H22ClNO5S/c1-26-17-10-8-14(12-18(17)27-15-5-3-4-6-15)22-20(23)13-7-9-16(21)19(11-13)28(2,24)25/h7-12,15H,3-6H2,1-2H3,(H,22,23). The molecule has 150 valence electrons. The van der Waals surface area contributed by atoms with Crippen LogP contribution in [0.5, 0.6) is 11.5 Å². The molecule has 1 aliphatic rings. The molecule has 1 aliphatic carbocycles. The lowest BCUT2D eigenvalue weighted by molar-refractivity contribution is 0.102. The number of anilines is 1. The average molecular weight is 424 g/mol. The normalized spacial score (nSPS) is 14.7. The second-order valence-electron chi connectivity index (χ2n) is 6.76. The van der Waals surface area contributed by atoms with E-state index < -0.39 is 15.7 Å². The van der Waals surface area contributed by atoms with Gasteiger partial charge in [-0.3, -0.25) is 4.79 Å². The van der Waals surface area contributed by atoms with Gasteiger partial charge in [-0.15, -0.1) is 0 Å². The summed E-state index contributed by atoms with van der Waals surface area (Å²) in [6.07, 6.45) is 5.47. The van der Waals surface area contributed by atoms with E-state index in [4.69, 9.17) is 21.1 Å². The summed E-state index contributed by atoms with van der Waals surface area (Å²) in [6.45, 7) is 0. The van der Waals surface area contributed by atoms with Crippen molar-refractivity contribution in [1.82, 2.24) is 0 Å². The molecule has 2 aromatic carbocycles. The van der Waals surface area contributed by atoms with Crippen molar-refractivity contribution in [3.05, 3.63) is 47.0 Å². The van der Waals surface area contributed by atoms with Gasteiger partial charge >= 0.3 is 0 Å². The fourth-order valence-corrected chi connectivity index (χ4v) is 4.47. The van der Waals surface area contributed by atoms with E-state index in [1.54, 1.807) is 25.3 Å². The monoisotopic (exact) mass is 423 g/mol. The Morgan fingerprint density at radius 3 is 2.46 bits per heavy atom. The van der Waals surface area contributed by atoms with Gasteiger partial charge in [0.05, 0.1) is 23.1 Å². The summed E-state index contributed by atoms with van der Waals surface area (Å²) in [5.74, 6) is 0.717. The minimum Gasteiger partial charge on any atom is -0.493 e. The molecule has 0 unspecified atom stereocenters. The Labute approximate surface area is 169 Å². The number of sulfone groups is 1. The quantitative estimate of drug-likeness (QED) is 0.747. The zero-order chi connectivity index (χ0) is 20.3. The first-order chi connectivity index (χ1) is 13.3. The molecule has 3 rings (SSSR count). The van der Waals surface area contributed by atoms with E-state index >= 15 is 0 Å². The molecule has 1 amide bonds. The second kappa shape index (κ2) is 8.41. The number of halogens is 1. The van der Waals surface area contributed by atoms with Gasteiger partial charge in [0.1, 0.15) is 0 Å². The third-order valence-electron chi connectivity index (χ3n) is 4.61. The van der Waals surface area contributed by atoms with Gasteiger partial charge in [-0.05, 0) is 56.0 Å². The van der Waals surface area contributed by atoms with E-state index in [0.717, 1.165) is 31.9 Å². The molecule has 8 heteroatoms. The number of hydrogen-bond donors (Lipinski definition) is 1. The first-order valence-electron chi connectivity index (χ1n) is 8.93. The van der Waals surface area contributed by atoms with Gasteiger partial charge in [0, 0.05) is 23.6 Å². The third-order valence-corrected chi connectivity index (χ3v) is 6.19. The van der Waals surface area contributed by atoms with E-state index in [2.05, 4.69) is 5.32 Å². The molecule has 0 atom stereocenters. The van der Waals surface area contributed by atoms with E-state index in [1.807, 2.05) is 0 Å². The van der Waals surface area contributed by atoms with Gasteiger partial charge in [-0.25, -0.2) is 8.42 Å². The number of ether oxygens (including phenoxy) is 2. The molecule has 0 heterocycles. The maximum absolute atomic E-state index is 12.6. The SMILES string of the molecule is COc1ccc(NC(=O)c2ccc(Cl)c(S(C)(=O)=O)c2)cc1OC1CCCC1. The summed E-state index contributed by atoms with van der Waals surface area (Å²) in [7, 11) is -1.98. The third kappa shape index (κ3) is 4.77. The molecular weight excluding hydrogens is 402 g/mol. The largest absolute Gasteiger partial charge is 0.493 e. The number of amides is 1. The predicted molar refractivity (Wildman–Crippen MR) is 108 cm³/mol. The van der Waals surface area contributed by atoms with Gasteiger partial charge in [0.2, 0.25) is 0 Å². The highest BCUT2D eigenvalue weighted by Gasteiger charge is 2.20. The molecule has 1 N–H and O–H groups in total. The molecular formula is C20H22ClNO5S. The Hall–Kier alpha value is -2.25. The summed E-state index contributed by atoms with van der Waals surface area (Å²) >= 11 is 5.94. The van der Waals surface area contributed by atoms with E-state index in [0.29, 0.717) is 17.2 Å². The Bertz CT molecular complexity index is 984. The van der Waals surface area contributed by atoms with Crippen LogP contribution in [0.1, 0.15) is 36.0 Å². The van der Waals surface area contributed by atoms with Crippen LogP contribution in [0.4, 0.5) is 5.69 Å². The molecule has 0 radical (unpaired) electrons. The molecule has 0 aliphatic heterocycles. The molecule has 0 spiro atoms. The molecule has 28 heavy (non-hydrogen) atoms. The van der Waals surface area contributed by atoms with Crippen molar-refractivity contribution in [2.75, 3.05) is 18.7 Å². The Kier molecular flexibility index (Phi) is 6.15. The fraction of sp³-hybridized carbons (Fsp3) is 0.350. The number of benzene rings is 2. The first kappa shape index (κ1) is 20.5. The Morgan fingerprint density at radius 2 is 1.82 bits per heavy atom. The van der Waals surface area contributed by atoms with Crippen molar-refractivity contribution >= 4 is 33.0 Å². The van der Waals surface area contributed by atoms with E-state index in [9.17, 15) is 13.2 Å². The summed E-state index contributed by atoms with van der Waals surface area (Å²) < 4.78 is 35.0. The topological polar surface area (TPSA) is 81.7 Å². The lowest BCUT2D eigenvalue weighted by atomic mass is 10.2. The Balaban J connectivity index is 1.82. The number of carbonyl (C=O) groups excluding carboxylic acids is 1. The summed E-state index contributed by atoms with van der Waals surface area (Å²) in [5, 5.41) is 2.84. The van der Waals surface area contributed by atoms with Crippen molar-refractivity contribution in [2.24, 2.45) is 0 Å². The van der Waals surface area contributed by atoms with Crippen molar-refractivity contribution in [3.8, 4) is 11.5 Å². The van der Waals surface area contributed by atoms with Crippen LogP contribution in [0, 0.1) is 0 Å². The number of hydrogen-bond acceptors (Lipinski definition) is 5. The van der Waals surface area contributed by atoms with E-state index in [-0.39, 0.29) is 21.6 Å². The number of nitrogens with one attached hydrogen (secondary N) is 1. The van der Waals surface area contributed by atoms with Gasteiger partial charge in [0.25, 0.3) is 5.91 Å². The van der Waals surface area contributed by atoms with Crippen LogP contribution in [-0.2, 0) is 9.84 Å². The number of methoxy groups -OCH3 is 1. The maximum atomic E-state index is 12.6. The zero-order valence-electron chi connectivity index (χ0n) is 15.7. The van der Waals surface area contributed by atoms with Gasteiger partial charge in [0.15, 0.2) is 21.3 Å². The highest BCUT2D eigenvalue weighted by Crippen LogP contribution is 2.34. The van der Waals surface area contributed by atoms with Gasteiger partial charge in [-0.1, -0.05) is 11.6 Å². The van der Waals surface area contributed by atoms with Crippen LogP contribution < -0.4 is 14.8 Å². The first-order valence-corrected chi connectivity index (χ1v) is 11.2. The van der Waals surface area contributed by atoms with Crippen molar-refractivity contribution in [2.45, 2.75) is 36.7 Å². The lowest BCUT2D eigenvalue weighted by Crippen LogP contribution is -2.14. The number of carbonyl (C=O) groups is 1. The van der Waals surface area contributed by atoms with E-state index in [1.165, 1.54) is 18.2 Å². The molecule has 0 aromatic heterocycles. The Morgan fingerprint density at radius 1 is 1.11 bits per heavy atom. The summed E-state index contributed by atoms with van der Waals surface area (Å²) in [5.41, 5.74) is 0.716. The smallest absolute Gasteiger partial charge is 0.255 e. The van der Waals surface area contributed by atoms with Gasteiger partial charge in [-0.2, -0.15) is 0 Å². The minimum atomic E-state index is -3.54. The number of rotatable bonds is 6. The highest BCUT2D eigenvalue weighted by atomic mass is 35.5. The van der Waals surface area contributed by atoms with Crippen LogP contribution in [0.15, 0.2) is 41.3 Å². The molecule has 1 fully saturated rings. The van der Waals surface area contributed by atoms with Crippen LogP contribution in [-0.4, -0.2) is 33.8 Å². The fourth-order valence-electron chi connectivity index (χ4n) is 3.16. The minimum absolute atomic E-state index is 0.0794. The van der Waals surface area contributed by atoms with Crippen LogP contribution >= 0.6 is 11.6 Å². The molecule has 6 nitrogen and oxygen atoms in total. The van der Waals surface area contributed by atoms with Crippen LogP contribution in [0.2, 0.25) is 5.02 Å². The molecule has 0 bridgehead atoms. The second-order valence-corrected chi connectivity index (χ2v) is 9.15. The zero-order valence-corrected chi connectivity index (χ0v) is 17.3. The van der Waals surface area contributed by atoms with Crippen molar-refractivity contribution < 1.29 is 22.7 Å². The molecule has 1 saturated carbocycles. The van der Waals surface area contributed by atoms with Crippen LogP contribution in [0.25, 0.3) is 0 Å². The predicted octanol–water partition coefficient (Wildman–Crippen LogP) is 4.33. The van der Waals surface area contributed by atoms with Crippen molar-refractivity contribution in [3.63, 3.8) is 0 Å². The van der Waals surface area contributed by atoms with Crippen molar-refractivity contribution in [1.29, 1.82) is 0 Å². The van der Waals surface area contributed by atoms with Gasteiger partial charge < -0.3 is 14.8 Å².